The van der Waals surface area contributed by atoms with E-state index < -0.39 is 28.6 Å². The molecule has 3 atom stereocenters. The van der Waals surface area contributed by atoms with Gasteiger partial charge in [-0.15, -0.1) is 0 Å². The summed E-state index contributed by atoms with van der Waals surface area (Å²) in [6.45, 7) is 9.58. The van der Waals surface area contributed by atoms with Crippen LogP contribution < -0.4 is 0 Å². The Morgan fingerprint density at radius 3 is 2.05 bits per heavy atom. The molecule has 5 nitrogen and oxygen atoms in total. The number of hydrogen-bond acceptors (Lipinski definition) is 5. The van der Waals surface area contributed by atoms with Crippen LogP contribution in [0.25, 0.3) is 0 Å². The second-order valence-electron chi connectivity index (χ2n) is 6.47. The van der Waals surface area contributed by atoms with Crippen LogP contribution in [0.15, 0.2) is 0 Å². The average Bonchev–Trinajstić information content (AvgIpc) is 2.41. The third kappa shape index (κ3) is 2.26. The zero-order valence-electron chi connectivity index (χ0n) is 13.2. The Labute approximate surface area is 126 Å². The molecular formula is C16H21N3O2. The molecule has 0 bridgehead atoms. The minimum Gasteiger partial charge on any atom is -0.465 e. The van der Waals surface area contributed by atoms with Crippen molar-refractivity contribution in [1.82, 2.24) is 0 Å². The largest absolute Gasteiger partial charge is 0.465 e. The van der Waals surface area contributed by atoms with E-state index in [-0.39, 0.29) is 18.4 Å². The number of nitrogens with zero attached hydrogens (tertiary/aromatic N) is 3. The second kappa shape index (κ2) is 5.74. The SMILES string of the molecule is CCOC(=O)[C@H](C#N)[C@@H]1C(C)(C)[C@@H](C(C)C)C1(C#N)C#N. The van der Waals surface area contributed by atoms with Crippen LogP contribution in [0.1, 0.15) is 34.6 Å². The first-order valence-electron chi connectivity index (χ1n) is 7.13. The zero-order valence-corrected chi connectivity index (χ0v) is 13.2. The molecule has 0 spiro atoms. The second-order valence-corrected chi connectivity index (χ2v) is 6.47. The van der Waals surface area contributed by atoms with E-state index in [1.165, 1.54) is 0 Å². The van der Waals surface area contributed by atoms with Gasteiger partial charge in [0.1, 0.15) is 5.92 Å². The van der Waals surface area contributed by atoms with Crippen LogP contribution in [-0.4, -0.2) is 12.6 Å². The van der Waals surface area contributed by atoms with Gasteiger partial charge in [-0.05, 0) is 24.2 Å². The first-order chi connectivity index (χ1) is 9.74. The highest BCUT2D eigenvalue weighted by Crippen LogP contribution is 2.68. The summed E-state index contributed by atoms with van der Waals surface area (Å²) in [5.41, 5.74) is -1.77. The smallest absolute Gasteiger partial charge is 0.323 e. The molecule has 0 amide bonds. The molecule has 1 saturated carbocycles. The van der Waals surface area contributed by atoms with Gasteiger partial charge in [-0.3, -0.25) is 4.79 Å². The number of ether oxygens (including phenoxy) is 1. The quantitative estimate of drug-likeness (QED) is 0.740. The molecule has 1 fully saturated rings. The predicted octanol–water partition coefficient (Wildman–Crippen LogP) is 2.65. The minimum atomic E-state index is -1.31. The van der Waals surface area contributed by atoms with Gasteiger partial charge in [0, 0.05) is 5.92 Å². The van der Waals surface area contributed by atoms with Crippen molar-refractivity contribution in [1.29, 1.82) is 15.8 Å². The van der Waals surface area contributed by atoms with E-state index in [0.29, 0.717) is 0 Å². The van der Waals surface area contributed by atoms with Crippen LogP contribution in [-0.2, 0) is 9.53 Å². The fourth-order valence-electron chi connectivity index (χ4n) is 4.34. The van der Waals surface area contributed by atoms with Crippen molar-refractivity contribution >= 4 is 5.97 Å². The van der Waals surface area contributed by atoms with Crippen molar-refractivity contribution in [2.75, 3.05) is 6.61 Å². The Balaban J connectivity index is 3.34. The molecule has 1 rings (SSSR count). The highest BCUT2D eigenvalue weighted by atomic mass is 16.5. The summed E-state index contributed by atoms with van der Waals surface area (Å²) in [6.07, 6.45) is 0. The third-order valence-corrected chi connectivity index (χ3v) is 4.63. The van der Waals surface area contributed by atoms with Crippen molar-refractivity contribution in [3.8, 4) is 18.2 Å². The van der Waals surface area contributed by atoms with Crippen LogP contribution >= 0.6 is 0 Å². The lowest BCUT2D eigenvalue weighted by Gasteiger charge is -2.62. The molecule has 0 aromatic rings. The number of hydrogen-bond donors (Lipinski definition) is 0. The first-order valence-corrected chi connectivity index (χ1v) is 7.13. The van der Waals surface area contributed by atoms with Crippen LogP contribution in [0.5, 0.6) is 0 Å². The van der Waals surface area contributed by atoms with Crippen molar-refractivity contribution in [3.05, 3.63) is 0 Å². The van der Waals surface area contributed by atoms with E-state index in [2.05, 4.69) is 12.1 Å². The summed E-state index contributed by atoms with van der Waals surface area (Å²) < 4.78 is 4.94. The van der Waals surface area contributed by atoms with Gasteiger partial charge in [-0.25, -0.2) is 0 Å². The Morgan fingerprint density at radius 2 is 1.71 bits per heavy atom. The van der Waals surface area contributed by atoms with E-state index in [1.54, 1.807) is 6.92 Å². The number of nitriles is 3. The topological polar surface area (TPSA) is 97.7 Å². The number of rotatable bonds is 4. The predicted molar refractivity (Wildman–Crippen MR) is 75.0 cm³/mol. The number of carbonyl (C=O) groups excluding carboxylic acids is 1. The lowest BCUT2D eigenvalue weighted by molar-refractivity contribution is -0.179. The van der Waals surface area contributed by atoms with Gasteiger partial charge in [0.25, 0.3) is 0 Å². The Morgan fingerprint density at radius 1 is 1.19 bits per heavy atom. The fraction of sp³-hybridized carbons (Fsp3) is 0.750. The number of carbonyl (C=O) groups is 1. The van der Waals surface area contributed by atoms with Crippen LogP contribution in [0.2, 0.25) is 0 Å². The highest BCUT2D eigenvalue weighted by molar-refractivity contribution is 5.76. The molecule has 0 unspecified atom stereocenters. The maximum atomic E-state index is 12.0. The van der Waals surface area contributed by atoms with Crippen molar-refractivity contribution in [3.63, 3.8) is 0 Å². The summed E-state index contributed by atoms with van der Waals surface area (Å²) in [7, 11) is 0. The normalized spacial score (nSPS) is 26.6. The standard InChI is InChI=1S/C16H21N3O2/c1-6-21-14(20)11(7-17)13-15(4,5)12(10(2)3)16(13,8-18)9-19/h10-13H,6H2,1-5H3/t11-,12-,13-/m1/s1. The summed E-state index contributed by atoms with van der Waals surface area (Å²) in [5.74, 6) is -2.45. The van der Waals surface area contributed by atoms with Crippen molar-refractivity contribution < 1.29 is 9.53 Å². The third-order valence-electron chi connectivity index (χ3n) is 4.63. The van der Waals surface area contributed by atoms with Crippen molar-refractivity contribution in [2.24, 2.45) is 34.5 Å². The maximum Gasteiger partial charge on any atom is 0.323 e. The molecule has 1 aliphatic rings. The molecule has 0 radical (unpaired) electrons. The first kappa shape index (κ1) is 17.0. The van der Waals surface area contributed by atoms with E-state index in [1.807, 2.05) is 33.8 Å². The molecule has 0 N–H and O–H groups in total. The van der Waals surface area contributed by atoms with Gasteiger partial charge in [0.05, 0.1) is 24.8 Å². The van der Waals surface area contributed by atoms with Crippen LogP contribution in [0.4, 0.5) is 0 Å². The van der Waals surface area contributed by atoms with Gasteiger partial charge in [-0.1, -0.05) is 27.7 Å². The average molecular weight is 287 g/mol. The molecule has 0 aromatic carbocycles. The monoisotopic (exact) mass is 287 g/mol. The summed E-state index contributed by atoms with van der Waals surface area (Å²) in [6, 6.07) is 6.14. The molecule has 5 heteroatoms. The van der Waals surface area contributed by atoms with E-state index in [4.69, 9.17) is 4.74 Å². The molecule has 0 heterocycles. The molecule has 0 aromatic heterocycles. The number of esters is 1. The van der Waals surface area contributed by atoms with Crippen molar-refractivity contribution in [2.45, 2.75) is 34.6 Å². The molecule has 0 aliphatic heterocycles. The summed E-state index contributed by atoms with van der Waals surface area (Å²) >= 11 is 0. The Kier molecular flexibility index (Phi) is 4.65. The highest BCUT2D eigenvalue weighted by Gasteiger charge is 2.71. The summed E-state index contributed by atoms with van der Waals surface area (Å²) in [5, 5.41) is 28.5. The van der Waals surface area contributed by atoms with Crippen LogP contribution in [0, 0.1) is 68.5 Å². The fourth-order valence-corrected chi connectivity index (χ4v) is 4.34. The van der Waals surface area contributed by atoms with Gasteiger partial charge in [-0.2, -0.15) is 15.8 Å². The molecule has 0 saturated heterocycles. The molecule has 21 heavy (non-hydrogen) atoms. The van der Waals surface area contributed by atoms with Gasteiger partial charge in [0.15, 0.2) is 5.41 Å². The maximum absolute atomic E-state index is 12.0. The van der Waals surface area contributed by atoms with E-state index >= 15 is 0 Å². The van der Waals surface area contributed by atoms with E-state index in [9.17, 15) is 20.6 Å². The summed E-state index contributed by atoms with van der Waals surface area (Å²) in [4.78, 5) is 12.0. The lowest BCUT2D eigenvalue weighted by atomic mass is 9.36. The van der Waals surface area contributed by atoms with Gasteiger partial charge in [0.2, 0.25) is 0 Å². The van der Waals surface area contributed by atoms with Gasteiger partial charge < -0.3 is 4.74 Å². The van der Waals surface area contributed by atoms with Gasteiger partial charge >= 0.3 is 5.97 Å². The molecule has 112 valence electrons. The van der Waals surface area contributed by atoms with Crippen LogP contribution in [0.3, 0.4) is 0 Å². The minimum absolute atomic E-state index is 0.108. The Hall–Kier alpha value is -2.06. The van der Waals surface area contributed by atoms with E-state index in [0.717, 1.165) is 0 Å². The molecule has 1 aliphatic carbocycles. The molecular weight excluding hydrogens is 266 g/mol. The zero-order chi connectivity index (χ0) is 16.4. The lowest BCUT2D eigenvalue weighted by Crippen LogP contribution is -2.66. The Bertz CT molecular complexity index is 531.